The summed E-state index contributed by atoms with van der Waals surface area (Å²) in [5.41, 5.74) is 0.999. The van der Waals surface area contributed by atoms with Crippen LogP contribution < -0.4 is 5.32 Å². The Morgan fingerprint density at radius 3 is 2.63 bits per heavy atom. The number of imide groups is 1. The van der Waals surface area contributed by atoms with Gasteiger partial charge in [-0.25, -0.2) is 14.5 Å². The molecule has 0 radical (unpaired) electrons. The third-order valence-electron chi connectivity index (χ3n) is 4.35. The van der Waals surface area contributed by atoms with Crippen LogP contribution in [0.4, 0.5) is 9.59 Å². The van der Waals surface area contributed by atoms with Crippen molar-refractivity contribution in [2.75, 3.05) is 43.3 Å². The number of aliphatic hydroxyl groups excluding tert-OH is 1. The number of thioether (sulfide) groups is 1. The molecule has 2 N–H and O–H groups in total. The summed E-state index contributed by atoms with van der Waals surface area (Å²) in [5, 5.41) is 17.2. The minimum Gasteiger partial charge on any atom is -0.435 e. The Hall–Kier alpha value is -1.12. The van der Waals surface area contributed by atoms with Gasteiger partial charge in [0, 0.05) is 12.7 Å². The predicted molar refractivity (Wildman–Crippen MR) is 145 cm³/mol. The summed E-state index contributed by atoms with van der Waals surface area (Å²) in [5.74, 6) is 1.38. The van der Waals surface area contributed by atoms with E-state index in [1.807, 2.05) is 28.6 Å². The summed E-state index contributed by atoms with van der Waals surface area (Å²) < 4.78 is 14.7. The average molecular weight is 569 g/mol. The second-order valence-electron chi connectivity index (χ2n) is 7.48. The molecule has 3 unspecified atom stereocenters. The average Bonchev–Trinajstić information content (AvgIpc) is 3.31. The summed E-state index contributed by atoms with van der Waals surface area (Å²) in [6, 6.07) is 1.95. The van der Waals surface area contributed by atoms with Gasteiger partial charge in [-0.1, -0.05) is 21.6 Å². The van der Waals surface area contributed by atoms with Crippen LogP contribution in [0.1, 0.15) is 32.8 Å². The van der Waals surface area contributed by atoms with Crippen LogP contribution in [0, 0.1) is 5.92 Å². The van der Waals surface area contributed by atoms with Gasteiger partial charge in [0.2, 0.25) is 12.2 Å². The number of hydrogen-bond donors (Lipinski definition) is 2. The van der Waals surface area contributed by atoms with Gasteiger partial charge in [-0.05, 0) is 67.6 Å². The molecule has 0 saturated heterocycles. The van der Waals surface area contributed by atoms with E-state index in [0.717, 1.165) is 35.1 Å². The fourth-order valence-electron chi connectivity index (χ4n) is 2.79. The van der Waals surface area contributed by atoms with E-state index in [4.69, 9.17) is 9.47 Å². The first-order valence-corrected chi connectivity index (χ1v) is 16.1. The smallest absolute Gasteiger partial charge is 0.435 e. The van der Waals surface area contributed by atoms with Crippen LogP contribution in [0.25, 0.3) is 0 Å². The van der Waals surface area contributed by atoms with Crippen LogP contribution in [-0.2, 0) is 25.4 Å². The lowest BCUT2D eigenvalue weighted by Gasteiger charge is -2.27. The molecule has 0 aliphatic heterocycles. The molecular formula is C22H36N2O7S4. The number of nitrogens with one attached hydrogen (secondary N) is 1. The lowest BCUT2D eigenvalue weighted by molar-refractivity contribution is -0.137. The third kappa shape index (κ3) is 14.3. The highest BCUT2D eigenvalue weighted by atomic mass is 33.1. The van der Waals surface area contributed by atoms with Gasteiger partial charge in [-0.15, -0.1) is 0 Å². The van der Waals surface area contributed by atoms with Crippen molar-refractivity contribution in [3.05, 3.63) is 22.4 Å². The van der Waals surface area contributed by atoms with Crippen LogP contribution >= 0.6 is 44.7 Å². The fraction of sp³-hybridized carbons (Fsp3) is 0.682. The van der Waals surface area contributed by atoms with Gasteiger partial charge in [0.25, 0.3) is 0 Å². The molecule has 0 spiro atoms. The minimum absolute atomic E-state index is 0.111. The summed E-state index contributed by atoms with van der Waals surface area (Å²) in [4.78, 5) is 38.6. The second-order valence-corrected chi connectivity index (χ2v) is 11.7. The van der Waals surface area contributed by atoms with Crippen LogP contribution in [0.3, 0.4) is 0 Å². The number of aliphatic hydroxyl groups is 1. The molecule has 35 heavy (non-hydrogen) atoms. The number of amides is 2. The number of thiophene rings is 1. The molecule has 9 nitrogen and oxygen atoms in total. The van der Waals surface area contributed by atoms with Gasteiger partial charge in [-0.2, -0.15) is 23.1 Å². The quantitative estimate of drug-likeness (QED) is 0.120. The molecule has 0 bridgehead atoms. The molecule has 2 amide bonds. The highest BCUT2D eigenvalue weighted by Gasteiger charge is 2.32. The molecule has 1 aromatic rings. The van der Waals surface area contributed by atoms with Crippen molar-refractivity contribution < 1.29 is 33.7 Å². The Morgan fingerprint density at radius 2 is 2.00 bits per heavy atom. The minimum atomic E-state index is -1.26. The molecule has 0 saturated carbocycles. The Kier molecular flexibility index (Phi) is 17.4. The van der Waals surface area contributed by atoms with Crippen molar-refractivity contribution in [2.24, 2.45) is 5.92 Å². The van der Waals surface area contributed by atoms with Crippen molar-refractivity contribution in [2.45, 2.75) is 46.0 Å². The maximum atomic E-state index is 13.4. The molecule has 3 atom stereocenters. The number of hydrogen-bond acceptors (Lipinski definition) is 12. The zero-order valence-electron chi connectivity index (χ0n) is 20.6. The van der Waals surface area contributed by atoms with E-state index < -0.39 is 36.5 Å². The van der Waals surface area contributed by atoms with Crippen molar-refractivity contribution in [3.8, 4) is 0 Å². The van der Waals surface area contributed by atoms with Crippen molar-refractivity contribution in [1.29, 1.82) is 0 Å². The van der Waals surface area contributed by atoms with E-state index in [-0.39, 0.29) is 13.2 Å². The maximum absolute atomic E-state index is 13.4. The Balaban J connectivity index is 2.78. The second kappa shape index (κ2) is 19.1. The molecule has 1 heterocycles. The van der Waals surface area contributed by atoms with Gasteiger partial charge in [-0.3, -0.25) is 4.79 Å². The topological polar surface area (TPSA) is 114 Å². The number of carbonyl (C=O) groups excluding carboxylic acids is 3. The zero-order chi connectivity index (χ0) is 26.1. The molecule has 0 fully saturated rings. The molecule has 13 heteroatoms. The monoisotopic (exact) mass is 568 g/mol. The summed E-state index contributed by atoms with van der Waals surface area (Å²) in [6.45, 7) is 5.26. The van der Waals surface area contributed by atoms with E-state index in [1.165, 1.54) is 25.2 Å². The van der Waals surface area contributed by atoms with Crippen LogP contribution in [-0.4, -0.2) is 83.9 Å². The largest absolute Gasteiger partial charge is 0.511 e. The Labute approximate surface area is 223 Å². The molecular weight excluding hydrogens is 533 g/mol. The van der Waals surface area contributed by atoms with Gasteiger partial charge >= 0.3 is 12.2 Å². The van der Waals surface area contributed by atoms with E-state index >= 15 is 0 Å². The number of carbonyl (C=O) groups is 3. The van der Waals surface area contributed by atoms with Crippen LogP contribution in [0.2, 0.25) is 0 Å². The van der Waals surface area contributed by atoms with Crippen molar-refractivity contribution >= 4 is 62.8 Å². The van der Waals surface area contributed by atoms with Crippen LogP contribution in [0.15, 0.2) is 16.8 Å². The molecule has 1 rings (SSSR count). The Bertz CT molecular complexity index is 737. The van der Waals surface area contributed by atoms with E-state index in [0.29, 0.717) is 12.2 Å². The Morgan fingerprint density at radius 1 is 1.23 bits per heavy atom. The molecule has 0 aliphatic carbocycles. The zero-order valence-corrected chi connectivity index (χ0v) is 23.9. The molecule has 0 aromatic carbocycles. The van der Waals surface area contributed by atoms with Crippen molar-refractivity contribution in [3.63, 3.8) is 0 Å². The van der Waals surface area contributed by atoms with E-state index in [1.54, 1.807) is 28.5 Å². The maximum Gasteiger partial charge on any atom is 0.511 e. The summed E-state index contributed by atoms with van der Waals surface area (Å²) in [6.07, 6.45) is -0.552. The van der Waals surface area contributed by atoms with E-state index in [9.17, 15) is 19.5 Å². The summed E-state index contributed by atoms with van der Waals surface area (Å²) >= 11 is 3.35. The first kappa shape index (κ1) is 31.9. The van der Waals surface area contributed by atoms with Crippen LogP contribution in [0.5, 0.6) is 0 Å². The highest BCUT2D eigenvalue weighted by molar-refractivity contribution is 8.76. The number of rotatable bonds is 17. The standard InChI is InChI=1S/C22H36N2O7S4/c1-5-29-22(28)31-17(3)30-21(27)24(12-16(2)25)20(26)19(11-18-7-10-33-13-18)14-34-35-15-23-8-6-9-32-4/h7,10,13,16-17,19,23,25H,5-6,8-9,11-12,14-15H2,1-4H3. The SMILES string of the molecule is CCOC(=O)OC(C)OC(=O)N(CC(C)O)C(=O)C(CSSCNCCCSC)Cc1ccsc1. The normalized spacial score (nSPS) is 13.5. The van der Waals surface area contributed by atoms with Gasteiger partial charge < -0.3 is 24.6 Å². The number of ether oxygens (including phenoxy) is 3. The number of nitrogens with zero attached hydrogens (tertiary/aromatic N) is 1. The van der Waals surface area contributed by atoms with E-state index in [2.05, 4.69) is 16.3 Å². The van der Waals surface area contributed by atoms with Gasteiger partial charge in [0.15, 0.2) is 0 Å². The van der Waals surface area contributed by atoms with Gasteiger partial charge in [0.1, 0.15) is 0 Å². The molecule has 0 aliphatic rings. The van der Waals surface area contributed by atoms with Crippen molar-refractivity contribution in [1.82, 2.24) is 10.2 Å². The molecule has 1 aromatic heterocycles. The summed E-state index contributed by atoms with van der Waals surface area (Å²) in [7, 11) is 3.17. The lowest BCUT2D eigenvalue weighted by atomic mass is 10.0. The predicted octanol–water partition coefficient (Wildman–Crippen LogP) is 4.45. The fourth-order valence-corrected chi connectivity index (χ4v) is 6.02. The third-order valence-corrected chi connectivity index (χ3v) is 8.07. The first-order chi connectivity index (χ1) is 16.8. The highest BCUT2D eigenvalue weighted by Crippen LogP contribution is 2.27. The lowest BCUT2D eigenvalue weighted by Crippen LogP contribution is -2.46. The first-order valence-electron chi connectivity index (χ1n) is 11.3. The molecule has 200 valence electrons. The van der Waals surface area contributed by atoms with Gasteiger partial charge in [0.05, 0.1) is 31.1 Å².